The molecule has 1 unspecified atom stereocenters. The third kappa shape index (κ3) is 6.01. The lowest BCUT2D eigenvalue weighted by atomic mass is 10.1. The van der Waals surface area contributed by atoms with Crippen molar-refractivity contribution < 1.29 is 24.2 Å². The van der Waals surface area contributed by atoms with Gasteiger partial charge < -0.3 is 24.4 Å². The molecule has 1 atom stereocenters. The van der Waals surface area contributed by atoms with Crippen molar-refractivity contribution in [3.8, 4) is 11.5 Å². The van der Waals surface area contributed by atoms with E-state index in [0.29, 0.717) is 36.1 Å². The molecule has 1 saturated heterocycles. The smallest absolute Gasteiger partial charge is 0.308 e. The highest BCUT2D eigenvalue weighted by atomic mass is 35.5. The molecular weight excluding hydrogens is 372 g/mol. The fourth-order valence-corrected chi connectivity index (χ4v) is 3.32. The monoisotopic (exact) mass is 398 g/mol. The molecule has 0 saturated carbocycles. The fraction of sp³-hybridized carbons (Fsp3) is 0.579. The molecule has 1 aliphatic rings. The van der Waals surface area contributed by atoms with Crippen LogP contribution in [-0.4, -0.2) is 74.2 Å². The first-order valence-electron chi connectivity index (χ1n) is 8.96. The summed E-state index contributed by atoms with van der Waals surface area (Å²) in [5, 5.41) is 9.52. The van der Waals surface area contributed by atoms with Crippen LogP contribution in [0.4, 0.5) is 0 Å². The van der Waals surface area contributed by atoms with E-state index in [4.69, 9.17) is 26.2 Å². The molecule has 0 aromatic heterocycles. The zero-order valence-electron chi connectivity index (χ0n) is 16.0. The maximum atomic E-state index is 11.9. The summed E-state index contributed by atoms with van der Waals surface area (Å²) in [5.41, 5.74) is 0.907. The van der Waals surface area contributed by atoms with Crippen LogP contribution in [0.1, 0.15) is 18.4 Å². The van der Waals surface area contributed by atoms with Crippen molar-refractivity contribution in [2.75, 3.05) is 47.4 Å². The van der Waals surface area contributed by atoms with E-state index >= 15 is 0 Å². The Kier molecular flexibility index (Phi) is 7.74. The van der Waals surface area contributed by atoms with Crippen molar-refractivity contribution in [1.82, 2.24) is 9.80 Å². The van der Waals surface area contributed by atoms with Gasteiger partial charge in [0.15, 0.2) is 11.5 Å². The molecular formula is C19H27ClN2O5. The highest BCUT2D eigenvalue weighted by Crippen LogP contribution is 2.36. The molecule has 150 valence electrons. The number of hydrogen-bond donors (Lipinski definition) is 1. The number of methoxy groups -OCH3 is 1. The topological polar surface area (TPSA) is 79.3 Å². The zero-order chi connectivity index (χ0) is 20.0. The highest BCUT2D eigenvalue weighted by Gasteiger charge is 2.33. The van der Waals surface area contributed by atoms with Gasteiger partial charge in [0.2, 0.25) is 5.91 Å². The molecule has 8 heteroatoms. The Hall–Kier alpha value is -1.99. The van der Waals surface area contributed by atoms with E-state index in [1.165, 1.54) is 0 Å². The van der Waals surface area contributed by atoms with Gasteiger partial charge in [-0.15, -0.1) is 0 Å². The molecule has 2 rings (SSSR count). The molecule has 0 aliphatic carbocycles. The second kappa shape index (κ2) is 9.80. The van der Waals surface area contributed by atoms with Gasteiger partial charge in [-0.05, 0) is 44.6 Å². The van der Waals surface area contributed by atoms with Crippen molar-refractivity contribution >= 4 is 23.5 Å². The fourth-order valence-electron chi connectivity index (χ4n) is 3.03. The Morgan fingerprint density at radius 3 is 2.74 bits per heavy atom. The third-order valence-corrected chi connectivity index (χ3v) is 4.80. The number of aliphatic carboxylic acids is 1. The molecule has 7 nitrogen and oxygen atoms in total. The molecule has 1 aromatic rings. The number of carboxylic acid groups (broad SMARTS) is 1. The lowest BCUT2D eigenvalue weighted by molar-refractivity contribution is -0.141. The SMILES string of the molecule is COc1cc(CCN2CC(C(=O)O)CC2=O)cc(Cl)c1OCCCN(C)C. The number of halogens is 1. The van der Waals surface area contributed by atoms with Crippen LogP contribution in [0.25, 0.3) is 0 Å². The van der Waals surface area contributed by atoms with Crippen molar-refractivity contribution in [1.29, 1.82) is 0 Å². The Balaban J connectivity index is 1.97. The summed E-state index contributed by atoms with van der Waals surface area (Å²) in [7, 11) is 5.57. The average molecular weight is 399 g/mol. The van der Waals surface area contributed by atoms with Gasteiger partial charge in [0.1, 0.15) is 0 Å². The summed E-state index contributed by atoms with van der Waals surface area (Å²) >= 11 is 6.37. The predicted octanol–water partition coefficient (Wildman–Crippen LogP) is 2.15. The predicted molar refractivity (Wildman–Crippen MR) is 103 cm³/mol. The van der Waals surface area contributed by atoms with Crippen LogP contribution in [0.15, 0.2) is 12.1 Å². The van der Waals surface area contributed by atoms with E-state index in [9.17, 15) is 9.59 Å². The summed E-state index contributed by atoms with van der Waals surface area (Å²) in [4.78, 5) is 26.7. The first kappa shape index (κ1) is 21.3. The Bertz CT molecular complexity index is 680. The molecule has 1 N–H and O–H groups in total. The van der Waals surface area contributed by atoms with Crippen LogP contribution in [0.2, 0.25) is 5.02 Å². The molecule has 0 radical (unpaired) electrons. The van der Waals surface area contributed by atoms with Crippen molar-refractivity contribution in [2.45, 2.75) is 19.3 Å². The standard InChI is InChI=1S/C19H27ClN2O5/c1-21(2)6-4-8-27-18-15(20)9-13(10-16(18)26-3)5-7-22-12-14(19(24)25)11-17(22)23/h9-10,14H,4-8,11-12H2,1-3H3,(H,24,25). The molecule has 27 heavy (non-hydrogen) atoms. The minimum atomic E-state index is -0.925. The number of benzene rings is 1. The number of likely N-dealkylation sites (tertiary alicyclic amines) is 1. The van der Waals surface area contributed by atoms with E-state index in [2.05, 4.69) is 4.90 Å². The van der Waals surface area contributed by atoms with Gasteiger partial charge >= 0.3 is 5.97 Å². The normalized spacial score (nSPS) is 16.9. The van der Waals surface area contributed by atoms with Gasteiger partial charge in [-0.1, -0.05) is 11.6 Å². The highest BCUT2D eigenvalue weighted by molar-refractivity contribution is 6.32. The van der Waals surface area contributed by atoms with E-state index in [-0.39, 0.29) is 18.9 Å². The number of amides is 1. The maximum absolute atomic E-state index is 11.9. The number of nitrogens with zero attached hydrogens (tertiary/aromatic N) is 2. The molecule has 1 aromatic carbocycles. The van der Waals surface area contributed by atoms with Crippen molar-refractivity contribution in [3.63, 3.8) is 0 Å². The summed E-state index contributed by atoms with van der Waals surface area (Å²) in [5.74, 6) is -0.593. The number of carbonyl (C=O) groups excluding carboxylic acids is 1. The first-order valence-corrected chi connectivity index (χ1v) is 9.34. The summed E-state index contributed by atoms with van der Waals surface area (Å²) in [6, 6.07) is 3.66. The molecule has 1 fully saturated rings. The van der Waals surface area contributed by atoms with Gasteiger partial charge in [-0.25, -0.2) is 0 Å². The number of ether oxygens (including phenoxy) is 2. The number of hydrogen-bond acceptors (Lipinski definition) is 5. The number of carbonyl (C=O) groups is 2. The lowest BCUT2D eigenvalue weighted by Gasteiger charge is -2.18. The summed E-state index contributed by atoms with van der Waals surface area (Å²) in [6.45, 7) is 2.16. The van der Waals surface area contributed by atoms with Gasteiger partial charge in [0.05, 0.1) is 24.7 Å². The quantitative estimate of drug-likeness (QED) is 0.608. The number of rotatable bonds is 10. The van der Waals surface area contributed by atoms with Crippen molar-refractivity contribution in [3.05, 3.63) is 22.7 Å². The van der Waals surface area contributed by atoms with E-state index in [1.54, 1.807) is 18.1 Å². The van der Waals surface area contributed by atoms with Crippen LogP contribution in [0.5, 0.6) is 11.5 Å². The third-order valence-electron chi connectivity index (χ3n) is 4.52. The Morgan fingerprint density at radius 2 is 2.15 bits per heavy atom. The van der Waals surface area contributed by atoms with Crippen LogP contribution < -0.4 is 9.47 Å². The minimum absolute atomic E-state index is 0.0686. The Labute approximate surface area is 164 Å². The minimum Gasteiger partial charge on any atom is -0.493 e. The largest absolute Gasteiger partial charge is 0.493 e. The van der Waals surface area contributed by atoms with Gasteiger partial charge in [-0.3, -0.25) is 9.59 Å². The van der Waals surface area contributed by atoms with Crippen LogP contribution in [0, 0.1) is 5.92 Å². The van der Waals surface area contributed by atoms with E-state index in [0.717, 1.165) is 18.5 Å². The second-order valence-electron chi connectivity index (χ2n) is 6.94. The first-order chi connectivity index (χ1) is 12.8. The Morgan fingerprint density at radius 1 is 1.41 bits per heavy atom. The van der Waals surface area contributed by atoms with Crippen LogP contribution in [0.3, 0.4) is 0 Å². The van der Waals surface area contributed by atoms with Gasteiger partial charge in [0, 0.05) is 26.1 Å². The van der Waals surface area contributed by atoms with E-state index < -0.39 is 11.9 Å². The van der Waals surface area contributed by atoms with E-state index in [1.807, 2.05) is 20.2 Å². The molecule has 1 aliphatic heterocycles. The maximum Gasteiger partial charge on any atom is 0.308 e. The van der Waals surface area contributed by atoms with Gasteiger partial charge in [0.25, 0.3) is 0 Å². The van der Waals surface area contributed by atoms with Crippen molar-refractivity contribution in [2.24, 2.45) is 5.92 Å². The molecule has 1 heterocycles. The second-order valence-corrected chi connectivity index (χ2v) is 7.35. The van der Waals surface area contributed by atoms with Crippen LogP contribution >= 0.6 is 11.6 Å². The lowest BCUT2D eigenvalue weighted by Crippen LogP contribution is -2.28. The average Bonchev–Trinajstić information content (AvgIpc) is 2.98. The summed E-state index contributed by atoms with van der Waals surface area (Å²) < 4.78 is 11.2. The van der Waals surface area contributed by atoms with Gasteiger partial charge in [-0.2, -0.15) is 0 Å². The zero-order valence-corrected chi connectivity index (χ0v) is 16.8. The van der Waals surface area contributed by atoms with Crippen LogP contribution in [-0.2, 0) is 16.0 Å². The summed E-state index contributed by atoms with van der Waals surface area (Å²) in [6.07, 6.45) is 1.50. The molecule has 0 bridgehead atoms. The molecule has 1 amide bonds. The molecule has 0 spiro atoms. The number of carboxylic acids is 1.